The first kappa shape index (κ1) is 15.2. The average molecular weight is 264 g/mol. The molecule has 0 aromatic heterocycles. The summed E-state index contributed by atoms with van der Waals surface area (Å²) in [5, 5.41) is 2.70. The molecule has 0 bridgehead atoms. The number of amides is 2. The number of para-hydroxylation sites is 1. The number of anilines is 1. The van der Waals surface area contributed by atoms with Crippen molar-refractivity contribution in [2.45, 2.75) is 13.8 Å². The van der Waals surface area contributed by atoms with E-state index in [0.29, 0.717) is 13.2 Å². The van der Waals surface area contributed by atoms with Crippen LogP contribution in [0.5, 0.6) is 0 Å². The van der Waals surface area contributed by atoms with Gasteiger partial charge >= 0.3 is 0 Å². The second-order valence-corrected chi connectivity index (χ2v) is 4.23. The molecular formula is C14H20N2O3. The molecule has 19 heavy (non-hydrogen) atoms. The number of methoxy groups -OCH3 is 1. The van der Waals surface area contributed by atoms with Crippen LogP contribution >= 0.6 is 0 Å². The minimum absolute atomic E-state index is 0.0178. The lowest BCUT2D eigenvalue weighted by Crippen LogP contribution is -2.41. The van der Waals surface area contributed by atoms with E-state index >= 15 is 0 Å². The van der Waals surface area contributed by atoms with Gasteiger partial charge in [0.25, 0.3) is 0 Å². The van der Waals surface area contributed by atoms with E-state index in [0.717, 1.165) is 11.3 Å². The van der Waals surface area contributed by atoms with Crippen molar-refractivity contribution in [1.82, 2.24) is 5.32 Å². The zero-order chi connectivity index (χ0) is 14.3. The maximum Gasteiger partial charge on any atom is 0.240 e. The fourth-order valence-corrected chi connectivity index (χ4v) is 1.72. The molecule has 0 saturated carbocycles. The first-order valence-electron chi connectivity index (χ1n) is 6.15. The molecule has 104 valence electrons. The highest BCUT2D eigenvalue weighted by Gasteiger charge is 2.16. The molecule has 2 amide bonds. The number of carbonyl (C=O) groups is 2. The summed E-state index contributed by atoms with van der Waals surface area (Å²) < 4.78 is 4.85. The Morgan fingerprint density at radius 2 is 2.00 bits per heavy atom. The van der Waals surface area contributed by atoms with Gasteiger partial charge < -0.3 is 15.0 Å². The SMILES string of the molecule is COCCNC(=O)CN(C(C)=O)c1ccccc1C. The summed E-state index contributed by atoms with van der Waals surface area (Å²) in [6.07, 6.45) is 0. The third kappa shape index (κ3) is 4.71. The smallest absolute Gasteiger partial charge is 0.240 e. The van der Waals surface area contributed by atoms with Crippen molar-refractivity contribution in [2.75, 3.05) is 31.7 Å². The number of nitrogens with zero attached hydrogens (tertiary/aromatic N) is 1. The zero-order valence-corrected chi connectivity index (χ0v) is 11.6. The molecule has 0 saturated heterocycles. The summed E-state index contributed by atoms with van der Waals surface area (Å²) >= 11 is 0. The molecule has 1 aromatic rings. The summed E-state index contributed by atoms with van der Waals surface area (Å²) in [6, 6.07) is 7.49. The van der Waals surface area contributed by atoms with Gasteiger partial charge in [-0.2, -0.15) is 0 Å². The zero-order valence-electron chi connectivity index (χ0n) is 11.6. The van der Waals surface area contributed by atoms with Gasteiger partial charge in [0.1, 0.15) is 6.54 Å². The molecule has 0 atom stereocenters. The summed E-state index contributed by atoms with van der Waals surface area (Å²) in [5.41, 5.74) is 1.72. The van der Waals surface area contributed by atoms with E-state index in [1.807, 2.05) is 31.2 Å². The highest BCUT2D eigenvalue weighted by Crippen LogP contribution is 2.19. The molecule has 0 aliphatic heterocycles. The van der Waals surface area contributed by atoms with Crippen molar-refractivity contribution in [2.24, 2.45) is 0 Å². The predicted octanol–water partition coefficient (Wildman–Crippen LogP) is 1.11. The summed E-state index contributed by atoms with van der Waals surface area (Å²) in [7, 11) is 1.57. The molecule has 0 fully saturated rings. The maximum absolute atomic E-state index is 11.8. The highest BCUT2D eigenvalue weighted by atomic mass is 16.5. The van der Waals surface area contributed by atoms with E-state index in [9.17, 15) is 9.59 Å². The molecular weight excluding hydrogens is 244 g/mol. The van der Waals surface area contributed by atoms with Crippen LogP contribution in [0.1, 0.15) is 12.5 Å². The third-order valence-electron chi connectivity index (χ3n) is 2.72. The molecule has 0 aliphatic carbocycles. The van der Waals surface area contributed by atoms with Crippen LogP contribution in [0.25, 0.3) is 0 Å². The van der Waals surface area contributed by atoms with Crippen LogP contribution in [0.15, 0.2) is 24.3 Å². The number of hydrogen-bond donors (Lipinski definition) is 1. The number of ether oxygens (including phenoxy) is 1. The Morgan fingerprint density at radius 1 is 1.32 bits per heavy atom. The Labute approximate surface area is 113 Å². The number of rotatable bonds is 6. The largest absolute Gasteiger partial charge is 0.383 e. The van der Waals surface area contributed by atoms with Crippen LogP contribution in [-0.2, 0) is 14.3 Å². The quantitative estimate of drug-likeness (QED) is 0.783. The molecule has 5 nitrogen and oxygen atoms in total. The van der Waals surface area contributed by atoms with Crippen molar-refractivity contribution >= 4 is 17.5 Å². The van der Waals surface area contributed by atoms with E-state index in [-0.39, 0.29) is 18.4 Å². The second kappa shape index (κ2) is 7.53. The Balaban J connectivity index is 2.72. The standard InChI is InChI=1S/C14H20N2O3/c1-11-6-4-5-7-13(11)16(12(2)17)10-14(18)15-8-9-19-3/h4-7H,8-10H2,1-3H3,(H,15,18). The molecule has 1 N–H and O–H groups in total. The van der Waals surface area contributed by atoms with Crippen LogP contribution in [0.4, 0.5) is 5.69 Å². The van der Waals surface area contributed by atoms with Gasteiger partial charge in [-0.25, -0.2) is 0 Å². The monoisotopic (exact) mass is 264 g/mol. The summed E-state index contributed by atoms with van der Waals surface area (Å²) in [4.78, 5) is 24.9. The van der Waals surface area contributed by atoms with Crippen molar-refractivity contribution in [1.29, 1.82) is 0 Å². The number of nitrogens with one attached hydrogen (secondary N) is 1. The van der Waals surface area contributed by atoms with Crippen molar-refractivity contribution in [3.63, 3.8) is 0 Å². The van der Waals surface area contributed by atoms with Crippen LogP contribution < -0.4 is 10.2 Å². The van der Waals surface area contributed by atoms with Gasteiger partial charge in [0.15, 0.2) is 0 Å². The van der Waals surface area contributed by atoms with Gasteiger partial charge in [-0.3, -0.25) is 9.59 Å². The summed E-state index contributed by atoms with van der Waals surface area (Å²) in [5.74, 6) is -0.355. The highest BCUT2D eigenvalue weighted by molar-refractivity contribution is 5.98. The van der Waals surface area contributed by atoms with Gasteiger partial charge in [0.2, 0.25) is 11.8 Å². The Morgan fingerprint density at radius 3 is 2.58 bits per heavy atom. The normalized spacial score (nSPS) is 10.1. The summed E-state index contributed by atoms with van der Waals surface area (Å²) in [6.45, 7) is 4.28. The number of benzene rings is 1. The lowest BCUT2D eigenvalue weighted by atomic mass is 10.2. The predicted molar refractivity (Wildman–Crippen MR) is 74.1 cm³/mol. The second-order valence-electron chi connectivity index (χ2n) is 4.23. The molecule has 0 radical (unpaired) electrons. The van der Waals surface area contributed by atoms with Crippen LogP contribution in [0.3, 0.4) is 0 Å². The number of carbonyl (C=O) groups excluding carboxylic acids is 2. The fourth-order valence-electron chi connectivity index (χ4n) is 1.72. The molecule has 1 aromatic carbocycles. The topological polar surface area (TPSA) is 58.6 Å². The van der Waals surface area contributed by atoms with Gasteiger partial charge in [0.05, 0.1) is 6.61 Å². The average Bonchev–Trinajstić information content (AvgIpc) is 2.37. The molecule has 0 spiro atoms. The molecule has 0 unspecified atom stereocenters. The van der Waals surface area contributed by atoms with Gasteiger partial charge in [-0.05, 0) is 18.6 Å². The van der Waals surface area contributed by atoms with E-state index in [1.54, 1.807) is 7.11 Å². The van der Waals surface area contributed by atoms with E-state index in [1.165, 1.54) is 11.8 Å². The van der Waals surface area contributed by atoms with Crippen molar-refractivity contribution in [3.8, 4) is 0 Å². The lowest BCUT2D eigenvalue weighted by molar-refractivity contribution is -0.123. The number of aryl methyl sites for hydroxylation is 1. The molecule has 0 heterocycles. The van der Waals surface area contributed by atoms with Crippen LogP contribution in [0, 0.1) is 6.92 Å². The number of hydrogen-bond acceptors (Lipinski definition) is 3. The van der Waals surface area contributed by atoms with Gasteiger partial charge in [0, 0.05) is 26.3 Å². The third-order valence-corrected chi connectivity index (χ3v) is 2.72. The Hall–Kier alpha value is -1.88. The van der Waals surface area contributed by atoms with Crippen LogP contribution in [0.2, 0.25) is 0 Å². The van der Waals surface area contributed by atoms with Crippen molar-refractivity contribution in [3.05, 3.63) is 29.8 Å². The van der Waals surface area contributed by atoms with E-state index in [4.69, 9.17) is 4.74 Å². The minimum Gasteiger partial charge on any atom is -0.383 e. The molecule has 1 rings (SSSR count). The van der Waals surface area contributed by atoms with Crippen LogP contribution in [-0.4, -0.2) is 38.6 Å². The Bertz CT molecular complexity index is 446. The molecule has 0 aliphatic rings. The fraction of sp³-hybridized carbons (Fsp3) is 0.429. The van der Waals surface area contributed by atoms with E-state index < -0.39 is 0 Å². The van der Waals surface area contributed by atoms with Gasteiger partial charge in [-0.15, -0.1) is 0 Å². The lowest BCUT2D eigenvalue weighted by Gasteiger charge is -2.22. The van der Waals surface area contributed by atoms with E-state index in [2.05, 4.69) is 5.32 Å². The molecule has 5 heteroatoms. The first-order valence-corrected chi connectivity index (χ1v) is 6.15. The van der Waals surface area contributed by atoms with Gasteiger partial charge in [-0.1, -0.05) is 18.2 Å². The first-order chi connectivity index (χ1) is 9.06. The maximum atomic E-state index is 11.8. The minimum atomic E-state index is -0.199. The Kier molecular flexibility index (Phi) is 6.02. The van der Waals surface area contributed by atoms with Crippen molar-refractivity contribution < 1.29 is 14.3 Å².